The Kier molecular flexibility index (Phi) is 4.44. The summed E-state index contributed by atoms with van der Waals surface area (Å²) in [5.74, 6) is 0. The predicted molar refractivity (Wildman–Crippen MR) is 74.8 cm³/mol. The number of anilines is 1. The molecule has 5 nitrogen and oxygen atoms in total. The topological polar surface area (TPSA) is 58.6 Å². The number of nitrogens with one attached hydrogen (secondary N) is 1. The molecule has 6 heteroatoms. The first kappa shape index (κ1) is 14.3. The molecule has 0 spiro atoms. The van der Waals surface area contributed by atoms with Crippen LogP contribution in [0.2, 0.25) is 0 Å². The Morgan fingerprint density at radius 2 is 1.74 bits per heavy atom. The summed E-state index contributed by atoms with van der Waals surface area (Å²) in [5.41, 5.74) is 0.949. The normalized spacial score (nSPS) is 17.6. The average Bonchev–Trinajstić information content (AvgIpc) is 2.40. The molecule has 0 bridgehead atoms. The number of nitrogens with zero attached hydrogens (tertiary/aromatic N) is 1. The second-order valence-corrected chi connectivity index (χ2v) is 6.99. The summed E-state index contributed by atoms with van der Waals surface area (Å²) in [5, 5.41) is 3.40. The lowest BCUT2D eigenvalue weighted by Crippen LogP contribution is -2.27. The fourth-order valence-corrected chi connectivity index (χ4v) is 2.91. The molecule has 1 aliphatic heterocycles. The van der Waals surface area contributed by atoms with Crippen LogP contribution >= 0.6 is 0 Å². The highest BCUT2D eigenvalue weighted by Gasteiger charge is 2.17. The molecule has 0 aromatic heterocycles. The third-order valence-electron chi connectivity index (χ3n) is 3.22. The van der Waals surface area contributed by atoms with Gasteiger partial charge in [-0.2, -0.15) is 0 Å². The largest absolute Gasteiger partial charge is 0.382 e. The van der Waals surface area contributed by atoms with Gasteiger partial charge in [-0.1, -0.05) is 0 Å². The molecule has 0 unspecified atom stereocenters. The Balaban J connectivity index is 2.06. The predicted octanol–water partition coefficient (Wildman–Crippen LogP) is 1.53. The zero-order chi connectivity index (χ0) is 13.9. The van der Waals surface area contributed by atoms with Crippen molar-refractivity contribution in [2.45, 2.75) is 23.8 Å². The van der Waals surface area contributed by atoms with Crippen LogP contribution < -0.4 is 5.32 Å². The lowest BCUT2D eigenvalue weighted by atomic mass is 10.1. The van der Waals surface area contributed by atoms with Gasteiger partial charge in [-0.05, 0) is 37.1 Å². The number of rotatable bonds is 4. The quantitative estimate of drug-likeness (QED) is 0.911. The molecule has 0 radical (unpaired) electrons. The Morgan fingerprint density at radius 1 is 1.16 bits per heavy atom. The third kappa shape index (κ3) is 3.46. The first-order chi connectivity index (χ1) is 9.00. The van der Waals surface area contributed by atoms with E-state index in [0.717, 1.165) is 31.7 Å². The summed E-state index contributed by atoms with van der Waals surface area (Å²) in [6.45, 7) is 1.56. The lowest BCUT2D eigenvalue weighted by molar-refractivity contribution is 0.0904. The van der Waals surface area contributed by atoms with E-state index in [1.807, 2.05) is 12.1 Å². The van der Waals surface area contributed by atoms with Crippen LogP contribution in [0.25, 0.3) is 0 Å². The molecule has 1 saturated heterocycles. The van der Waals surface area contributed by atoms with Gasteiger partial charge in [-0.25, -0.2) is 12.7 Å². The van der Waals surface area contributed by atoms with Crippen molar-refractivity contribution in [1.29, 1.82) is 0 Å². The first-order valence-corrected chi connectivity index (χ1v) is 7.81. The van der Waals surface area contributed by atoms with E-state index in [4.69, 9.17) is 4.74 Å². The maximum absolute atomic E-state index is 11.9. The molecular weight excluding hydrogens is 264 g/mol. The van der Waals surface area contributed by atoms with Crippen molar-refractivity contribution in [1.82, 2.24) is 4.31 Å². The van der Waals surface area contributed by atoms with Gasteiger partial charge in [-0.15, -0.1) is 0 Å². The minimum atomic E-state index is -3.34. The maximum Gasteiger partial charge on any atom is 0.242 e. The summed E-state index contributed by atoms with van der Waals surface area (Å²) in [6.07, 6.45) is 1.97. The van der Waals surface area contributed by atoms with E-state index in [2.05, 4.69) is 5.32 Å². The first-order valence-electron chi connectivity index (χ1n) is 6.37. The van der Waals surface area contributed by atoms with Crippen LogP contribution in [-0.2, 0) is 14.8 Å². The van der Waals surface area contributed by atoms with Crippen molar-refractivity contribution in [3.05, 3.63) is 24.3 Å². The monoisotopic (exact) mass is 284 g/mol. The Hall–Kier alpha value is -1.11. The molecule has 1 aromatic carbocycles. The van der Waals surface area contributed by atoms with Crippen molar-refractivity contribution in [2.24, 2.45) is 0 Å². The van der Waals surface area contributed by atoms with Gasteiger partial charge in [0, 0.05) is 39.0 Å². The van der Waals surface area contributed by atoms with E-state index in [0.29, 0.717) is 10.9 Å². The fourth-order valence-electron chi connectivity index (χ4n) is 2.01. The number of ether oxygens (including phenoxy) is 1. The third-order valence-corrected chi connectivity index (χ3v) is 5.05. The molecule has 1 aliphatic rings. The van der Waals surface area contributed by atoms with E-state index in [1.54, 1.807) is 12.1 Å². The highest BCUT2D eigenvalue weighted by Crippen LogP contribution is 2.19. The maximum atomic E-state index is 11.9. The van der Waals surface area contributed by atoms with Crippen molar-refractivity contribution in [3.63, 3.8) is 0 Å². The van der Waals surface area contributed by atoms with Gasteiger partial charge in [0.1, 0.15) is 0 Å². The standard InChI is InChI=1S/C13H20N2O3S/c1-15(2)19(16,17)13-5-3-11(4-6-13)14-12-7-9-18-10-8-12/h3-6,12,14H,7-10H2,1-2H3. The van der Waals surface area contributed by atoms with E-state index in [-0.39, 0.29) is 0 Å². The van der Waals surface area contributed by atoms with Gasteiger partial charge in [-0.3, -0.25) is 0 Å². The van der Waals surface area contributed by atoms with E-state index in [9.17, 15) is 8.42 Å². The SMILES string of the molecule is CN(C)S(=O)(=O)c1ccc(NC2CCOCC2)cc1. The highest BCUT2D eigenvalue weighted by atomic mass is 32.2. The summed E-state index contributed by atoms with van der Waals surface area (Å²) < 4.78 is 30.4. The summed E-state index contributed by atoms with van der Waals surface area (Å²) in [7, 11) is -0.279. The number of hydrogen-bond donors (Lipinski definition) is 1. The molecule has 2 rings (SSSR count). The molecule has 1 heterocycles. The molecule has 1 N–H and O–H groups in total. The minimum absolute atomic E-state index is 0.315. The van der Waals surface area contributed by atoms with Gasteiger partial charge < -0.3 is 10.1 Å². The van der Waals surface area contributed by atoms with E-state index >= 15 is 0 Å². The van der Waals surface area contributed by atoms with Crippen LogP contribution in [-0.4, -0.2) is 46.1 Å². The van der Waals surface area contributed by atoms with Crippen molar-refractivity contribution in [3.8, 4) is 0 Å². The second-order valence-electron chi connectivity index (χ2n) is 4.84. The fraction of sp³-hybridized carbons (Fsp3) is 0.538. The molecule has 1 aromatic rings. The van der Waals surface area contributed by atoms with Crippen molar-refractivity contribution < 1.29 is 13.2 Å². The molecule has 106 valence electrons. The summed E-state index contributed by atoms with van der Waals surface area (Å²) >= 11 is 0. The summed E-state index contributed by atoms with van der Waals surface area (Å²) in [6, 6.07) is 7.30. The molecule has 1 fully saturated rings. The number of hydrogen-bond acceptors (Lipinski definition) is 4. The van der Waals surface area contributed by atoms with E-state index in [1.165, 1.54) is 18.4 Å². The van der Waals surface area contributed by atoms with Crippen molar-refractivity contribution in [2.75, 3.05) is 32.6 Å². The Morgan fingerprint density at radius 3 is 2.26 bits per heavy atom. The van der Waals surface area contributed by atoms with Crippen LogP contribution in [0.1, 0.15) is 12.8 Å². The molecule has 0 atom stereocenters. The second kappa shape index (κ2) is 5.90. The van der Waals surface area contributed by atoms with Crippen molar-refractivity contribution >= 4 is 15.7 Å². The van der Waals surface area contributed by atoms with Gasteiger partial charge in [0.15, 0.2) is 0 Å². The van der Waals surface area contributed by atoms with Gasteiger partial charge >= 0.3 is 0 Å². The smallest absolute Gasteiger partial charge is 0.242 e. The molecule has 19 heavy (non-hydrogen) atoms. The molecule has 0 saturated carbocycles. The van der Waals surface area contributed by atoms with E-state index < -0.39 is 10.0 Å². The average molecular weight is 284 g/mol. The zero-order valence-corrected chi connectivity index (χ0v) is 12.1. The van der Waals surface area contributed by atoms with Gasteiger partial charge in [0.05, 0.1) is 4.90 Å². The Labute approximate surface area is 114 Å². The minimum Gasteiger partial charge on any atom is -0.382 e. The number of sulfonamides is 1. The lowest BCUT2D eigenvalue weighted by Gasteiger charge is -2.24. The molecule has 0 aliphatic carbocycles. The molecule has 0 amide bonds. The van der Waals surface area contributed by atoms with Crippen LogP contribution in [0.4, 0.5) is 5.69 Å². The molecular formula is C13H20N2O3S. The van der Waals surface area contributed by atoms with Gasteiger partial charge in [0.2, 0.25) is 10.0 Å². The number of benzene rings is 1. The van der Waals surface area contributed by atoms with Crippen LogP contribution in [0.5, 0.6) is 0 Å². The van der Waals surface area contributed by atoms with Crippen LogP contribution in [0.15, 0.2) is 29.2 Å². The van der Waals surface area contributed by atoms with Gasteiger partial charge in [0.25, 0.3) is 0 Å². The van der Waals surface area contributed by atoms with Crippen LogP contribution in [0.3, 0.4) is 0 Å². The van der Waals surface area contributed by atoms with Crippen LogP contribution in [0, 0.1) is 0 Å². The Bertz CT molecular complexity index is 505. The highest BCUT2D eigenvalue weighted by molar-refractivity contribution is 7.89. The summed E-state index contributed by atoms with van der Waals surface area (Å²) in [4.78, 5) is 0.315. The zero-order valence-electron chi connectivity index (χ0n) is 11.3.